The molecular weight excluding hydrogens is 330 g/mol. The zero-order valence-electron chi connectivity index (χ0n) is 17.4. The van der Waals surface area contributed by atoms with Crippen LogP contribution < -0.4 is 5.32 Å². The molecule has 2 atom stereocenters. The van der Waals surface area contributed by atoms with Crippen LogP contribution in [0.3, 0.4) is 0 Å². The summed E-state index contributed by atoms with van der Waals surface area (Å²) < 4.78 is 5.37. The molecule has 2 unspecified atom stereocenters. The molecule has 0 bridgehead atoms. The number of unbranched alkanes of at least 4 members (excludes halogenated alkanes) is 1. The second-order valence-electron chi connectivity index (χ2n) is 7.76. The molecule has 2 N–H and O–H groups in total. The predicted molar refractivity (Wildman–Crippen MR) is 106 cm³/mol. The van der Waals surface area contributed by atoms with Crippen LogP contribution in [0.2, 0.25) is 0 Å². The smallest absolute Gasteiger partial charge is 0.333 e. The number of carbonyl (C=O) groups is 2. The van der Waals surface area contributed by atoms with Gasteiger partial charge in [0.15, 0.2) is 0 Å². The zero-order valence-corrected chi connectivity index (χ0v) is 17.4. The molecule has 5 heteroatoms. The van der Waals surface area contributed by atoms with Crippen molar-refractivity contribution < 1.29 is 19.4 Å². The zero-order chi connectivity index (χ0) is 20.3. The predicted octanol–water partition coefficient (Wildman–Crippen LogP) is 3.91. The number of hydrogen-bond donors (Lipinski definition) is 2. The minimum absolute atomic E-state index is 0.191. The standard InChI is InChI=1S/C21H37NO4/c1-8-10-11-18(9-2)14-26-20(25)16(4)12-15(3)19(24)22-21(6,7)13-17(5)23/h12,17-18,23H,3,8-11,13-14H2,1-2,4-7H3,(H,22,24)/b16-12+. The van der Waals surface area contributed by atoms with E-state index in [1.165, 1.54) is 6.08 Å². The van der Waals surface area contributed by atoms with Crippen LogP contribution in [0, 0.1) is 5.92 Å². The third-order valence-corrected chi connectivity index (χ3v) is 4.26. The van der Waals surface area contributed by atoms with Crippen molar-refractivity contribution >= 4 is 11.9 Å². The monoisotopic (exact) mass is 367 g/mol. The fourth-order valence-electron chi connectivity index (χ4n) is 2.77. The molecule has 0 radical (unpaired) electrons. The number of carbonyl (C=O) groups excluding carboxylic acids is 2. The lowest BCUT2D eigenvalue weighted by molar-refractivity contribution is -0.140. The molecule has 0 fully saturated rings. The molecule has 0 rings (SSSR count). The van der Waals surface area contributed by atoms with Gasteiger partial charge in [0.25, 0.3) is 5.91 Å². The summed E-state index contributed by atoms with van der Waals surface area (Å²) in [5.74, 6) is -0.409. The van der Waals surface area contributed by atoms with Gasteiger partial charge < -0.3 is 15.2 Å². The van der Waals surface area contributed by atoms with Crippen molar-refractivity contribution in [2.45, 2.75) is 85.3 Å². The lowest BCUT2D eigenvalue weighted by Gasteiger charge is -2.27. The Kier molecular flexibility index (Phi) is 11.2. The molecular formula is C21H37NO4. The number of ether oxygens (including phenoxy) is 1. The first kappa shape index (κ1) is 24.4. The molecule has 0 saturated heterocycles. The van der Waals surface area contributed by atoms with Crippen molar-refractivity contribution in [3.8, 4) is 0 Å². The highest BCUT2D eigenvalue weighted by molar-refractivity contribution is 5.98. The Morgan fingerprint density at radius 2 is 1.92 bits per heavy atom. The first-order valence-corrected chi connectivity index (χ1v) is 9.57. The van der Waals surface area contributed by atoms with Gasteiger partial charge in [-0.25, -0.2) is 4.79 Å². The van der Waals surface area contributed by atoms with Crippen LogP contribution in [-0.4, -0.2) is 35.2 Å². The molecule has 0 saturated carbocycles. The van der Waals surface area contributed by atoms with Gasteiger partial charge >= 0.3 is 5.97 Å². The van der Waals surface area contributed by atoms with Gasteiger partial charge in [-0.1, -0.05) is 39.7 Å². The highest BCUT2D eigenvalue weighted by Gasteiger charge is 2.23. The van der Waals surface area contributed by atoms with E-state index in [1.807, 2.05) is 13.8 Å². The van der Waals surface area contributed by atoms with Crippen molar-refractivity contribution in [1.82, 2.24) is 5.32 Å². The summed E-state index contributed by atoms with van der Waals surface area (Å²) in [6.45, 7) is 15.3. The minimum atomic E-state index is -0.565. The van der Waals surface area contributed by atoms with E-state index in [-0.39, 0.29) is 11.5 Å². The summed E-state index contributed by atoms with van der Waals surface area (Å²) in [7, 11) is 0. The van der Waals surface area contributed by atoms with Crippen LogP contribution in [0.1, 0.15) is 73.6 Å². The molecule has 0 aliphatic carbocycles. The SMILES string of the molecule is C=C(/C=C(\C)C(=O)OCC(CC)CCCC)C(=O)NC(C)(C)CC(C)O. The normalized spacial score (nSPS) is 14.5. The van der Waals surface area contributed by atoms with Gasteiger partial charge in [-0.3, -0.25) is 4.79 Å². The molecule has 1 amide bonds. The number of rotatable bonds is 12. The van der Waals surface area contributed by atoms with Gasteiger partial charge in [-0.05, 0) is 52.5 Å². The number of hydrogen-bond acceptors (Lipinski definition) is 4. The lowest BCUT2D eigenvalue weighted by atomic mass is 9.96. The van der Waals surface area contributed by atoms with E-state index in [4.69, 9.17) is 4.74 Å². The van der Waals surface area contributed by atoms with Crippen molar-refractivity contribution in [2.75, 3.05) is 6.61 Å². The fourth-order valence-corrected chi connectivity index (χ4v) is 2.77. The third kappa shape index (κ3) is 10.4. The Labute approximate surface area is 158 Å². The second kappa shape index (κ2) is 11.9. The molecule has 150 valence electrons. The molecule has 0 spiro atoms. The van der Waals surface area contributed by atoms with Gasteiger partial charge in [0, 0.05) is 16.7 Å². The first-order chi connectivity index (χ1) is 12.0. The van der Waals surface area contributed by atoms with Crippen LogP contribution in [0.4, 0.5) is 0 Å². The summed E-state index contributed by atoms with van der Waals surface area (Å²) in [5, 5.41) is 12.3. The highest BCUT2D eigenvalue weighted by Crippen LogP contribution is 2.15. The van der Waals surface area contributed by atoms with Crippen LogP contribution in [0.15, 0.2) is 23.8 Å². The van der Waals surface area contributed by atoms with E-state index < -0.39 is 17.6 Å². The third-order valence-electron chi connectivity index (χ3n) is 4.26. The Balaban J connectivity index is 4.64. The number of esters is 1. The number of aliphatic hydroxyl groups is 1. The lowest BCUT2D eigenvalue weighted by Crippen LogP contribution is -2.45. The maximum atomic E-state index is 12.2. The fraction of sp³-hybridized carbons (Fsp3) is 0.714. The Hall–Kier alpha value is -1.62. The van der Waals surface area contributed by atoms with Crippen molar-refractivity contribution in [1.29, 1.82) is 0 Å². The Bertz CT molecular complexity index is 506. The summed E-state index contributed by atoms with van der Waals surface area (Å²) in [6.07, 6.45) is 5.63. The average molecular weight is 368 g/mol. The van der Waals surface area contributed by atoms with Crippen molar-refractivity contribution in [2.24, 2.45) is 5.92 Å². The van der Waals surface area contributed by atoms with Crippen LogP contribution in [0.25, 0.3) is 0 Å². The van der Waals surface area contributed by atoms with Crippen LogP contribution >= 0.6 is 0 Å². The van der Waals surface area contributed by atoms with Gasteiger partial charge in [0.05, 0.1) is 12.7 Å². The van der Waals surface area contributed by atoms with E-state index in [0.717, 1.165) is 25.7 Å². The van der Waals surface area contributed by atoms with Crippen LogP contribution in [0.5, 0.6) is 0 Å². The first-order valence-electron chi connectivity index (χ1n) is 9.57. The van der Waals surface area contributed by atoms with E-state index in [9.17, 15) is 14.7 Å². The highest BCUT2D eigenvalue weighted by atomic mass is 16.5. The minimum Gasteiger partial charge on any atom is -0.462 e. The topological polar surface area (TPSA) is 75.6 Å². The van der Waals surface area contributed by atoms with E-state index in [0.29, 0.717) is 24.5 Å². The molecule has 0 aromatic heterocycles. The average Bonchev–Trinajstić information content (AvgIpc) is 2.52. The summed E-state index contributed by atoms with van der Waals surface area (Å²) in [6, 6.07) is 0. The van der Waals surface area contributed by atoms with Gasteiger partial charge in [-0.15, -0.1) is 0 Å². The molecule has 5 nitrogen and oxygen atoms in total. The second-order valence-corrected chi connectivity index (χ2v) is 7.76. The summed E-state index contributed by atoms with van der Waals surface area (Å²) in [5.41, 5.74) is -0.0238. The quantitative estimate of drug-likeness (QED) is 0.311. The van der Waals surface area contributed by atoms with E-state index >= 15 is 0 Å². The maximum Gasteiger partial charge on any atom is 0.333 e. The van der Waals surface area contributed by atoms with Gasteiger partial charge in [-0.2, -0.15) is 0 Å². The van der Waals surface area contributed by atoms with Gasteiger partial charge in [0.1, 0.15) is 0 Å². The molecule has 0 aromatic rings. The largest absolute Gasteiger partial charge is 0.462 e. The number of aliphatic hydroxyl groups excluding tert-OH is 1. The molecule has 26 heavy (non-hydrogen) atoms. The molecule has 0 heterocycles. The van der Waals surface area contributed by atoms with E-state index in [2.05, 4.69) is 25.7 Å². The van der Waals surface area contributed by atoms with Crippen molar-refractivity contribution in [3.63, 3.8) is 0 Å². The summed E-state index contributed by atoms with van der Waals surface area (Å²) >= 11 is 0. The van der Waals surface area contributed by atoms with Crippen molar-refractivity contribution in [3.05, 3.63) is 23.8 Å². The number of amides is 1. The van der Waals surface area contributed by atoms with Crippen LogP contribution in [-0.2, 0) is 14.3 Å². The summed E-state index contributed by atoms with van der Waals surface area (Å²) in [4.78, 5) is 24.4. The van der Waals surface area contributed by atoms with E-state index in [1.54, 1.807) is 13.8 Å². The molecule has 0 aliphatic rings. The van der Waals surface area contributed by atoms with Gasteiger partial charge in [0.2, 0.25) is 0 Å². The Morgan fingerprint density at radius 1 is 1.31 bits per heavy atom. The molecule has 0 aliphatic heterocycles. The Morgan fingerprint density at radius 3 is 2.42 bits per heavy atom. The molecule has 0 aromatic carbocycles. The number of nitrogens with one attached hydrogen (secondary N) is 1. The maximum absolute atomic E-state index is 12.2.